The van der Waals surface area contributed by atoms with Gasteiger partial charge in [0.25, 0.3) is 0 Å². The third-order valence-corrected chi connectivity index (χ3v) is 12.9. The SMILES string of the molecule is CC1(C)c2cc3cc(N(c4ccccc4)c4ccccc4)ccc3cc2-c2c1ccc1c2-c2cc3ccc(N(c4ccccc4)c4ccccc4)cc3cc2C1(C)C. The Morgan fingerprint density at radius 2 is 0.603 bits per heavy atom. The molecule has 0 aliphatic heterocycles. The smallest absolute Gasteiger partial charge is 0.0468 e. The van der Waals surface area contributed by atoms with Crippen LogP contribution < -0.4 is 9.80 Å². The minimum absolute atomic E-state index is 0.153. The van der Waals surface area contributed by atoms with Gasteiger partial charge in [0.1, 0.15) is 0 Å². The molecule has 0 unspecified atom stereocenters. The molecule has 0 spiro atoms. The summed E-state index contributed by atoms with van der Waals surface area (Å²) >= 11 is 0. The molecule has 2 heteroatoms. The minimum Gasteiger partial charge on any atom is -0.310 e. The minimum atomic E-state index is -0.153. The van der Waals surface area contributed by atoms with Gasteiger partial charge in [0.2, 0.25) is 0 Å². The van der Waals surface area contributed by atoms with E-state index in [4.69, 9.17) is 0 Å². The first-order valence-electron chi connectivity index (χ1n) is 20.4. The maximum atomic E-state index is 2.48. The summed E-state index contributed by atoms with van der Waals surface area (Å²) < 4.78 is 0. The molecule has 9 aromatic carbocycles. The summed E-state index contributed by atoms with van der Waals surface area (Å²) in [5, 5.41) is 5.03. The third-order valence-electron chi connectivity index (χ3n) is 12.9. The Balaban J connectivity index is 1.06. The first-order chi connectivity index (χ1) is 28.3. The van der Waals surface area contributed by atoms with Crippen molar-refractivity contribution in [2.75, 3.05) is 9.80 Å². The molecule has 0 saturated carbocycles. The Labute approximate surface area is 341 Å². The summed E-state index contributed by atoms with van der Waals surface area (Å²) in [6.45, 7) is 9.64. The van der Waals surface area contributed by atoms with E-state index in [0.717, 1.165) is 34.1 Å². The van der Waals surface area contributed by atoms with Crippen molar-refractivity contribution in [3.63, 3.8) is 0 Å². The van der Waals surface area contributed by atoms with E-state index >= 15 is 0 Å². The van der Waals surface area contributed by atoms with E-state index in [1.165, 1.54) is 66.1 Å². The van der Waals surface area contributed by atoms with Crippen LogP contribution in [0.15, 0.2) is 194 Å². The number of nitrogens with zero attached hydrogens (tertiary/aromatic N) is 2. The molecule has 0 heterocycles. The number of hydrogen-bond donors (Lipinski definition) is 0. The van der Waals surface area contributed by atoms with Crippen molar-refractivity contribution in [1.29, 1.82) is 0 Å². The molecule has 0 aromatic heterocycles. The van der Waals surface area contributed by atoms with Crippen molar-refractivity contribution in [2.45, 2.75) is 38.5 Å². The van der Waals surface area contributed by atoms with Gasteiger partial charge >= 0.3 is 0 Å². The second-order valence-electron chi connectivity index (χ2n) is 17.0. The van der Waals surface area contributed by atoms with Gasteiger partial charge in [-0.05, 0) is 163 Å². The largest absolute Gasteiger partial charge is 0.310 e. The molecule has 0 fully saturated rings. The van der Waals surface area contributed by atoms with Gasteiger partial charge in [-0.2, -0.15) is 0 Å². The Morgan fingerprint density at radius 1 is 0.276 bits per heavy atom. The Morgan fingerprint density at radius 3 is 0.931 bits per heavy atom. The van der Waals surface area contributed by atoms with E-state index in [9.17, 15) is 0 Å². The van der Waals surface area contributed by atoms with Gasteiger partial charge in [0.05, 0.1) is 0 Å². The average Bonchev–Trinajstić information content (AvgIpc) is 3.62. The number of rotatable bonds is 6. The lowest BCUT2D eigenvalue weighted by molar-refractivity contribution is 0.651. The highest BCUT2D eigenvalue weighted by Crippen LogP contribution is 2.60. The van der Waals surface area contributed by atoms with E-state index in [0.29, 0.717) is 0 Å². The number of fused-ring (bicyclic) bond motifs is 9. The molecule has 11 rings (SSSR count). The van der Waals surface area contributed by atoms with Crippen molar-refractivity contribution in [3.05, 3.63) is 216 Å². The molecule has 0 saturated heterocycles. The van der Waals surface area contributed by atoms with Crippen LogP contribution in [0.2, 0.25) is 0 Å². The van der Waals surface area contributed by atoms with Crippen molar-refractivity contribution in [3.8, 4) is 22.3 Å². The number of anilines is 6. The van der Waals surface area contributed by atoms with Crippen molar-refractivity contribution < 1.29 is 0 Å². The summed E-state index contributed by atoms with van der Waals surface area (Å²) in [4.78, 5) is 4.71. The predicted molar refractivity (Wildman–Crippen MR) is 246 cm³/mol. The molecule has 0 atom stereocenters. The van der Waals surface area contributed by atoms with Crippen LogP contribution in [-0.2, 0) is 10.8 Å². The molecule has 58 heavy (non-hydrogen) atoms. The fourth-order valence-corrected chi connectivity index (χ4v) is 9.99. The summed E-state index contributed by atoms with van der Waals surface area (Å²) in [5.41, 5.74) is 17.7. The molecule has 0 bridgehead atoms. The topological polar surface area (TPSA) is 6.48 Å². The highest BCUT2D eigenvalue weighted by atomic mass is 15.1. The molecular weight excluding hydrogens is 701 g/mol. The fraction of sp³-hybridized carbons (Fsp3) is 0.107. The first-order valence-corrected chi connectivity index (χ1v) is 20.4. The standard InChI is InChI=1S/C56H44N2/c1-55(2)49-29-30-50-54(53(49)47-33-37-25-27-45(31-39(37)35-51(47)55)57(41-17-9-5-10-18-41)42-19-11-6-12-20-42)48-34-38-26-28-46(32-40(38)36-52(48)56(50,3)4)58(43-21-13-7-14-22-43)44-23-15-8-16-24-44/h5-36H,1-4H3. The summed E-state index contributed by atoms with van der Waals surface area (Å²) in [6, 6.07) is 71.4. The van der Waals surface area contributed by atoms with Crippen LogP contribution in [-0.4, -0.2) is 0 Å². The normalized spacial score (nSPS) is 14.1. The third kappa shape index (κ3) is 5.18. The molecule has 0 radical (unpaired) electrons. The zero-order valence-electron chi connectivity index (χ0n) is 33.4. The first kappa shape index (κ1) is 34.4. The zero-order valence-corrected chi connectivity index (χ0v) is 33.4. The summed E-state index contributed by atoms with van der Waals surface area (Å²) in [6.07, 6.45) is 0. The van der Waals surface area contributed by atoms with Crippen molar-refractivity contribution in [2.24, 2.45) is 0 Å². The molecule has 2 nitrogen and oxygen atoms in total. The van der Waals surface area contributed by atoms with E-state index < -0.39 is 0 Å². The van der Waals surface area contributed by atoms with Gasteiger partial charge in [-0.1, -0.05) is 125 Å². The molecule has 278 valence electrons. The van der Waals surface area contributed by atoms with Gasteiger partial charge in [0.15, 0.2) is 0 Å². The Bertz CT molecular complexity index is 2750. The maximum Gasteiger partial charge on any atom is 0.0468 e. The van der Waals surface area contributed by atoms with Crippen LogP contribution in [0, 0.1) is 0 Å². The molecular formula is C56H44N2. The van der Waals surface area contributed by atoms with Crippen LogP contribution in [0.4, 0.5) is 34.1 Å². The van der Waals surface area contributed by atoms with Gasteiger partial charge in [-0.15, -0.1) is 0 Å². The maximum absolute atomic E-state index is 2.48. The molecule has 9 aromatic rings. The Hall–Kier alpha value is -6.90. The quantitative estimate of drug-likeness (QED) is 0.167. The van der Waals surface area contributed by atoms with Gasteiger partial charge in [-0.25, -0.2) is 0 Å². The number of hydrogen-bond acceptors (Lipinski definition) is 2. The molecule has 2 aliphatic carbocycles. The van der Waals surface area contributed by atoms with Crippen LogP contribution in [0.5, 0.6) is 0 Å². The average molecular weight is 745 g/mol. The predicted octanol–water partition coefficient (Wildman–Crippen LogP) is 15.5. The fourth-order valence-electron chi connectivity index (χ4n) is 9.99. The lowest BCUT2D eigenvalue weighted by Gasteiger charge is -2.26. The van der Waals surface area contributed by atoms with Gasteiger partial charge < -0.3 is 9.80 Å². The van der Waals surface area contributed by atoms with Crippen LogP contribution in [0.3, 0.4) is 0 Å². The van der Waals surface area contributed by atoms with Crippen molar-refractivity contribution >= 4 is 55.7 Å². The lowest BCUT2D eigenvalue weighted by Crippen LogP contribution is -2.17. The number of para-hydroxylation sites is 4. The van der Waals surface area contributed by atoms with E-state index in [2.05, 4.69) is 232 Å². The molecule has 2 aliphatic rings. The van der Waals surface area contributed by atoms with E-state index in [1.54, 1.807) is 0 Å². The van der Waals surface area contributed by atoms with E-state index in [1.807, 2.05) is 0 Å². The van der Waals surface area contributed by atoms with Crippen molar-refractivity contribution in [1.82, 2.24) is 0 Å². The van der Waals surface area contributed by atoms with Gasteiger partial charge in [0, 0.05) is 45.0 Å². The summed E-state index contributed by atoms with van der Waals surface area (Å²) in [7, 11) is 0. The second-order valence-corrected chi connectivity index (χ2v) is 17.0. The Kier molecular flexibility index (Phi) is 7.59. The summed E-state index contributed by atoms with van der Waals surface area (Å²) in [5.74, 6) is 0. The monoisotopic (exact) mass is 744 g/mol. The highest BCUT2D eigenvalue weighted by molar-refractivity contribution is 6.05. The second kappa shape index (κ2) is 12.8. The molecule has 0 N–H and O–H groups in total. The van der Waals surface area contributed by atoms with Crippen LogP contribution in [0.1, 0.15) is 49.9 Å². The zero-order chi connectivity index (χ0) is 39.2. The number of benzene rings is 9. The molecule has 0 amide bonds. The highest BCUT2D eigenvalue weighted by Gasteiger charge is 2.44. The lowest BCUT2D eigenvalue weighted by atomic mass is 9.79. The van der Waals surface area contributed by atoms with Crippen LogP contribution >= 0.6 is 0 Å². The van der Waals surface area contributed by atoms with Crippen LogP contribution in [0.25, 0.3) is 43.8 Å². The van der Waals surface area contributed by atoms with Gasteiger partial charge in [-0.3, -0.25) is 0 Å². The van der Waals surface area contributed by atoms with E-state index in [-0.39, 0.29) is 10.8 Å².